The number of urea groups is 1. The number of amides is 3. The van der Waals surface area contributed by atoms with E-state index in [9.17, 15) is 9.59 Å². The quantitative estimate of drug-likeness (QED) is 0.756. The van der Waals surface area contributed by atoms with Crippen LogP contribution in [0.3, 0.4) is 0 Å². The molecule has 0 bridgehead atoms. The van der Waals surface area contributed by atoms with Gasteiger partial charge in [-0.1, -0.05) is 49.0 Å². The van der Waals surface area contributed by atoms with Crippen LogP contribution < -0.4 is 10.6 Å². The van der Waals surface area contributed by atoms with Crippen LogP contribution in [-0.2, 0) is 4.79 Å². The van der Waals surface area contributed by atoms with E-state index in [4.69, 9.17) is 0 Å². The van der Waals surface area contributed by atoms with Gasteiger partial charge in [-0.05, 0) is 49.1 Å². The summed E-state index contributed by atoms with van der Waals surface area (Å²) in [6, 6.07) is 17.4. The molecule has 3 amide bonds. The molecule has 5 heteroatoms. The van der Waals surface area contributed by atoms with Crippen LogP contribution in [0.2, 0.25) is 0 Å². The van der Waals surface area contributed by atoms with Crippen LogP contribution in [0, 0.1) is 0 Å². The second-order valence-corrected chi connectivity index (χ2v) is 7.18. The summed E-state index contributed by atoms with van der Waals surface area (Å²) in [4.78, 5) is 26.0. The van der Waals surface area contributed by atoms with E-state index in [1.165, 1.54) is 11.6 Å². The topological polar surface area (TPSA) is 61.4 Å². The molecular weight excluding hydrogens is 350 g/mol. The third-order valence-electron chi connectivity index (χ3n) is 5.19. The van der Waals surface area contributed by atoms with Crippen molar-refractivity contribution in [2.24, 2.45) is 0 Å². The van der Waals surface area contributed by atoms with Gasteiger partial charge in [0, 0.05) is 24.7 Å². The standard InChI is InChI=1S/C23H27N3O2/c1-3-22(27)26-15-7-10-20(16-26)19-11-13-21(14-12-19)25-23(28)24-17(2)18-8-5-4-6-9-18/h3-6,8-9,11-14,17,20H,1,7,10,15-16H2,2H3,(H2,24,25,28)/t17-,20?/m0/s1. The van der Waals surface area contributed by atoms with Gasteiger partial charge in [-0.2, -0.15) is 0 Å². The van der Waals surface area contributed by atoms with E-state index >= 15 is 0 Å². The number of likely N-dealkylation sites (tertiary alicyclic amines) is 1. The molecule has 0 radical (unpaired) electrons. The van der Waals surface area contributed by atoms with Gasteiger partial charge >= 0.3 is 6.03 Å². The summed E-state index contributed by atoms with van der Waals surface area (Å²) in [7, 11) is 0. The first kappa shape index (κ1) is 19.7. The van der Waals surface area contributed by atoms with Gasteiger partial charge in [-0.25, -0.2) is 4.79 Å². The molecule has 146 valence electrons. The Kier molecular flexibility index (Phi) is 6.48. The molecule has 2 aromatic rings. The predicted molar refractivity (Wildman–Crippen MR) is 112 cm³/mol. The Labute approximate surface area is 166 Å². The molecule has 1 aliphatic heterocycles. The molecular formula is C23H27N3O2. The van der Waals surface area contributed by atoms with Crippen LogP contribution in [0.5, 0.6) is 0 Å². The molecule has 0 aliphatic carbocycles. The minimum atomic E-state index is -0.232. The second-order valence-electron chi connectivity index (χ2n) is 7.18. The minimum absolute atomic E-state index is 0.00723. The Balaban J connectivity index is 1.56. The van der Waals surface area contributed by atoms with Crippen molar-refractivity contribution in [1.29, 1.82) is 0 Å². The molecule has 2 aromatic carbocycles. The van der Waals surface area contributed by atoms with Crippen molar-refractivity contribution in [2.75, 3.05) is 18.4 Å². The van der Waals surface area contributed by atoms with Crippen LogP contribution in [0.4, 0.5) is 10.5 Å². The van der Waals surface area contributed by atoms with E-state index < -0.39 is 0 Å². The fourth-order valence-electron chi connectivity index (χ4n) is 3.61. The number of nitrogens with one attached hydrogen (secondary N) is 2. The molecule has 3 rings (SSSR count). The smallest absolute Gasteiger partial charge is 0.319 e. The van der Waals surface area contributed by atoms with E-state index in [1.54, 1.807) is 0 Å². The summed E-state index contributed by atoms with van der Waals surface area (Å²) >= 11 is 0. The van der Waals surface area contributed by atoms with Gasteiger partial charge in [0.2, 0.25) is 5.91 Å². The summed E-state index contributed by atoms with van der Waals surface area (Å²) in [5.41, 5.74) is 2.99. The summed E-state index contributed by atoms with van der Waals surface area (Å²) < 4.78 is 0. The largest absolute Gasteiger partial charge is 0.339 e. The van der Waals surface area contributed by atoms with E-state index in [1.807, 2.05) is 66.4 Å². The average molecular weight is 377 g/mol. The molecule has 1 saturated heterocycles. The first-order valence-electron chi connectivity index (χ1n) is 9.70. The van der Waals surface area contributed by atoms with Crippen LogP contribution >= 0.6 is 0 Å². The highest BCUT2D eigenvalue weighted by Gasteiger charge is 2.23. The van der Waals surface area contributed by atoms with E-state index in [-0.39, 0.29) is 18.0 Å². The number of benzene rings is 2. The number of rotatable bonds is 5. The Morgan fingerprint density at radius 1 is 1.14 bits per heavy atom. The number of anilines is 1. The summed E-state index contributed by atoms with van der Waals surface area (Å²) in [6.45, 7) is 7.04. The zero-order valence-corrected chi connectivity index (χ0v) is 16.2. The van der Waals surface area contributed by atoms with Crippen molar-refractivity contribution in [2.45, 2.75) is 31.7 Å². The van der Waals surface area contributed by atoms with Gasteiger partial charge in [0.15, 0.2) is 0 Å². The molecule has 0 saturated carbocycles. The van der Waals surface area contributed by atoms with E-state index in [0.29, 0.717) is 12.5 Å². The van der Waals surface area contributed by atoms with E-state index in [0.717, 1.165) is 30.6 Å². The maximum atomic E-state index is 12.3. The van der Waals surface area contributed by atoms with Gasteiger partial charge < -0.3 is 15.5 Å². The van der Waals surface area contributed by atoms with Gasteiger partial charge in [0.25, 0.3) is 0 Å². The molecule has 2 atom stereocenters. The van der Waals surface area contributed by atoms with Crippen molar-refractivity contribution in [3.63, 3.8) is 0 Å². The normalized spacial score (nSPS) is 17.5. The number of hydrogen-bond acceptors (Lipinski definition) is 2. The maximum Gasteiger partial charge on any atom is 0.319 e. The fourth-order valence-corrected chi connectivity index (χ4v) is 3.61. The summed E-state index contributed by atoms with van der Waals surface area (Å²) in [5.74, 6) is 0.311. The van der Waals surface area contributed by atoms with Crippen LogP contribution in [0.1, 0.15) is 42.9 Å². The molecule has 2 N–H and O–H groups in total. The number of hydrogen-bond donors (Lipinski definition) is 2. The average Bonchev–Trinajstić information content (AvgIpc) is 2.74. The molecule has 0 spiro atoms. The zero-order valence-electron chi connectivity index (χ0n) is 16.2. The maximum absolute atomic E-state index is 12.3. The molecule has 0 aromatic heterocycles. The van der Waals surface area contributed by atoms with Gasteiger partial charge in [-0.15, -0.1) is 0 Å². The number of carbonyl (C=O) groups excluding carboxylic acids is 2. The van der Waals surface area contributed by atoms with Crippen molar-refractivity contribution in [3.05, 3.63) is 78.4 Å². The fraction of sp³-hybridized carbons (Fsp3) is 0.304. The van der Waals surface area contributed by atoms with Crippen molar-refractivity contribution in [1.82, 2.24) is 10.2 Å². The highest BCUT2D eigenvalue weighted by atomic mass is 16.2. The third-order valence-corrected chi connectivity index (χ3v) is 5.19. The number of piperidine rings is 1. The lowest BCUT2D eigenvalue weighted by Crippen LogP contribution is -2.38. The molecule has 1 heterocycles. The Hall–Kier alpha value is -3.08. The molecule has 1 aliphatic rings. The lowest BCUT2D eigenvalue weighted by Gasteiger charge is -2.32. The first-order chi connectivity index (χ1) is 13.6. The van der Waals surface area contributed by atoms with Crippen molar-refractivity contribution in [3.8, 4) is 0 Å². The molecule has 5 nitrogen and oxygen atoms in total. The third kappa shape index (κ3) is 5.00. The van der Waals surface area contributed by atoms with Gasteiger partial charge in [0.1, 0.15) is 0 Å². The summed E-state index contributed by atoms with van der Waals surface area (Å²) in [6.07, 6.45) is 3.43. The predicted octanol–water partition coefficient (Wildman–Crippen LogP) is 4.46. The monoisotopic (exact) mass is 377 g/mol. The number of nitrogens with zero attached hydrogens (tertiary/aromatic N) is 1. The lowest BCUT2D eigenvalue weighted by molar-refractivity contribution is -0.127. The Morgan fingerprint density at radius 3 is 2.54 bits per heavy atom. The van der Waals surface area contributed by atoms with E-state index in [2.05, 4.69) is 17.2 Å². The SMILES string of the molecule is C=CC(=O)N1CCCC(c2ccc(NC(=O)N[C@@H](C)c3ccccc3)cc2)C1. The van der Waals surface area contributed by atoms with Crippen molar-refractivity contribution >= 4 is 17.6 Å². The molecule has 1 unspecified atom stereocenters. The number of carbonyl (C=O) groups is 2. The van der Waals surface area contributed by atoms with Crippen molar-refractivity contribution < 1.29 is 9.59 Å². The minimum Gasteiger partial charge on any atom is -0.339 e. The highest BCUT2D eigenvalue weighted by Crippen LogP contribution is 2.28. The van der Waals surface area contributed by atoms with Gasteiger partial charge in [-0.3, -0.25) is 4.79 Å². The molecule has 28 heavy (non-hydrogen) atoms. The van der Waals surface area contributed by atoms with Crippen LogP contribution in [0.25, 0.3) is 0 Å². The Morgan fingerprint density at radius 2 is 1.86 bits per heavy atom. The van der Waals surface area contributed by atoms with Crippen LogP contribution in [-0.4, -0.2) is 29.9 Å². The lowest BCUT2D eigenvalue weighted by atomic mass is 9.90. The highest BCUT2D eigenvalue weighted by molar-refractivity contribution is 5.89. The first-order valence-corrected chi connectivity index (χ1v) is 9.70. The Bertz CT molecular complexity index is 818. The van der Waals surface area contributed by atoms with Crippen LogP contribution in [0.15, 0.2) is 67.3 Å². The second kappa shape index (κ2) is 9.22. The molecule has 1 fully saturated rings. The van der Waals surface area contributed by atoms with Gasteiger partial charge in [0.05, 0.1) is 6.04 Å². The summed E-state index contributed by atoms with van der Waals surface area (Å²) in [5, 5.41) is 5.82. The zero-order chi connectivity index (χ0) is 19.9.